The molecule has 0 radical (unpaired) electrons. The highest BCUT2D eigenvalue weighted by Gasteiger charge is 2.24. The smallest absolute Gasteiger partial charge is 0.137 e. The summed E-state index contributed by atoms with van der Waals surface area (Å²) in [6.07, 6.45) is 0.259. The number of benzene rings is 7. The van der Waals surface area contributed by atoms with Crippen molar-refractivity contribution >= 4 is 44.6 Å². The molecule has 7 aromatic carbocycles. The number of hydrogen-bond acceptors (Lipinski definition) is 4. The third kappa shape index (κ3) is 10.3. The summed E-state index contributed by atoms with van der Waals surface area (Å²) < 4.78 is 71.0. The summed E-state index contributed by atoms with van der Waals surface area (Å²) in [5.74, 6) is 1.95. The number of hydrogen-bond donors (Lipinski definition) is 2. The topological polar surface area (TPSA) is 51.1 Å². The van der Waals surface area contributed by atoms with Crippen LogP contribution in [0, 0.1) is 5.41 Å². The van der Waals surface area contributed by atoms with E-state index >= 15 is 0 Å². The monoisotopic (exact) mass is 916 g/mol. The van der Waals surface area contributed by atoms with Gasteiger partial charge in [-0.25, -0.2) is 4.98 Å². The molecular formula is C64H68N4O. The molecule has 9 rings (SSSR count). The molecule has 2 aromatic heterocycles. The van der Waals surface area contributed by atoms with Crippen molar-refractivity contribution in [1.29, 1.82) is 0 Å². The predicted octanol–water partition coefficient (Wildman–Crippen LogP) is 18.3. The number of ether oxygens (including phenoxy) is 1. The van der Waals surface area contributed by atoms with Crippen LogP contribution in [0.2, 0.25) is 0 Å². The van der Waals surface area contributed by atoms with E-state index in [1.54, 1.807) is 0 Å². The molecule has 0 spiro atoms. The molecule has 5 nitrogen and oxygen atoms in total. The van der Waals surface area contributed by atoms with Gasteiger partial charge >= 0.3 is 0 Å². The molecule has 0 fully saturated rings. The molecule has 0 saturated heterocycles. The Bertz CT molecular complexity index is 3660. The van der Waals surface area contributed by atoms with Crippen LogP contribution in [0.25, 0.3) is 49.9 Å². The first kappa shape index (κ1) is 38.8. The van der Waals surface area contributed by atoms with Gasteiger partial charge in [0.2, 0.25) is 0 Å². The van der Waals surface area contributed by atoms with Gasteiger partial charge in [-0.2, -0.15) is 0 Å². The Morgan fingerprint density at radius 1 is 0.536 bits per heavy atom. The molecule has 69 heavy (non-hydrogen) atoms. The zero-order chi connectivity index (χ0) is 55.0. The molecule has 2 heterocycles. The standard InChI is InChI=1S/C64H68N4O/c1-61(2,3)41-42-28-31-57-54(34-42)53-30-29-50(40-58(53)68(57)59-38-45(32-33-65-59)62(4,5)6)69-49-23-18-22-48(39-49)66-55-26-16-17-27-56(55)67-60-51(43-20-14-13-15-21-43)24-19-25-52(60)44-35-46(63(7,8)9)37-47(36-44)64(10,11)12/h13-40,66-67H,41H2,1-12H3/i13D,14D,15D,20D,21D,41D2. The molecule has 0 aliphatic heterocycles. The number of fused-ring (bicyclic) bond motifs is 3. The van der Waals surface area contributed by atoms with Crippen LogP contribution >= 0.6 is 0 Å². The van der Waals surface area contributed by atoms with Crippen molar-refractivity contribution in [1.82, 2.24) is 9.55 Å². The first-order chi connectivity index (χ1) is 35.5. The lowest BCUT2D eigenvalue weighted by Gasteiger charge is -2.27. The molecule has 0 atom stereocenters. The Labute approximate surface area is 420 Å². The van der Waals surface area contributed by atoms with Crippen LogP contribution in [0.1, 0.15) is 115 Å². The van der Waals surface area contributed by atoms with Crippen molar-refractivity contribution in [2.24, 2.45) is 5.41 Å². The second-order valence-electron chi connectivity index (χ2n) is 22.2. The Kier molecular flexibility index (Phi) is 10.2. The second kappa shape index (κ2) is 18.1. The predicted molar refractivity (Wildman–Crippen MR) is 295 cm³/mol. The Hall–Kier alpha value is -7.11. The van der Waals surface area contributed by atoms with Crippen LogP contribution < -0.4 is 15.4 Å². The number of pyridine rings is 1. The quantitative estimate of drug-likeness (QED) is 0.144. The largest absolute Gasteiger partial charge is 0.457 e. The lowest BCUT2D eigenvalue weighted by atomic mass is 9.78. The molecule has 2 N–H and O–H groups in total. The molecule has 5 heteroatoms. The summed E-state index contributed by atoms with van der Waals surface area (Å²) >= 11 is 0. The second-order valence-corrected chi connectivity index (χ2v) is 22.2. The molecule has 9 aromatic rings. The fourth-order valence-corrected chi connectivity index (χ4v) is 8.76. The van der Waals surface area contributed by atoms with Crippen LogP contribution in [-0.4, -0.2) is 9.55 Å². The Morgan fingerprint density at radius 3 is 1.84 bits per heavy atom. The third-order valence-corrected chi connectivity index (χ3v) is 12.4. The van der Waals surface area contributed by atoms with Gasteiger partial charge in [0.15, 0.2) is 0 Å². The highest BCUT2D eigenvalue weighted by molar-refractivity contribution is 6.09. The van der Waals surface area contributed by atoms with E-state index in [4.69, 9.17) is 19.3 Å². The minimum atomic E-state index is -1.59. The molecule has 350 valence electrons. The normalized spacial score (nSPS) is 14.1. The zero-order valence-electron chi connectivity index (χ0n) is 49.1. The van der Waals surface area contributed by atoms with Gasteiger partial charge in [0.25, 0.3) is 0 Å². The van der Waals surface area contributed by atoms with Crippen molar-refractivity contribution in [2.45, 2.75) is 106 Å². The van der Waals surface area contributed by atoms with Gasteiger partial charge < -0.3 is 15.4 Å². The Morgan fingerprint density at radius 2 is 1.17 bits per heavy atom. The fraction of sp³-hybridized carbons (Fsp3) is 0.266. The lowest BCUT2D eigenvalue weighted by Crippen LogP contribution is -2.16. The van der Waals surface area contributed by atoms with Gasteiger partial charge in [-0.1, -0.05) is 174 Å². The maximum absolute atomic E-state index is 9.13. The van der Waals surface area contributed by atoms with E-state index in [0.717, 1.165) is 66.8 Å². The average molecular weight is 916 g/mol. The van der Waals surface area contributed by atoms with Gasteiger partial charge in [0.05, 0.1) is 34.9 Å². The third-order valence-electron chi connectivity index (χ3n) is 12.4. The lowest BCUT2D eigenvalue weighted by molar-refractivity contribution is 0.411. The molecule has 0 amide bonds. The zero-order valence-corrected chi connectivity index (χ0v) is 42.1. The van der Waals surface area contributed by atoms with Crippen LogP contribution in [0.3, 0.4) is 0 Å². The van der Waals surface area contributed by atoms with Crippen molar-refractivity contribution in [2.75, 3.05) is 10.6 Å². The fourth-order valence-electron chi connectivity index (χ4n) is 8.76. The number of nitrogens with one attached hydrogen (secondary N) is 2. The maximum Gasteiger partial charge on any atom is 0.137 e. The summed E-state index contributed by atoms with van der Waals surface area (Å²) in [7, 11) is 0. The number of anilines is 4. The molecule has 0 unspecified atom stereocenters. The first-order valence-corrected chi connectivity index (χ1v) is 23.9. The van der Waals surface area contributed by atoms with Crippen LogP contribution in [0.15, 0.2) is 170 Å². The molecule has 0 saturated carbocycles. The van der Waals surface area contributed by atoms with Crippen molar-refractivity contribution in [3.63, 3.8) is 0 Å². The van der Waals surface area contributed by atoms with Crippen LogP contribution in [0.5, 0.6) is 11.5 Å². The minimum Gasteiger partial charge on any atom is -0.457 e. The number of nitrogens with zero attached hydrogens (tertiary/aromatic N) is 2. The number of rotatable bonds is 10. The highest BCUT2D eigenvalue weighted by atomic mass is 16.5. The van der Waals surface area contributed by atoms with E-state index < -0.39 is 29.9 Å². The molecule has 0 bridgehead atoms. The number of aromatic nitrogens is 2. The maximum atomic E-state index is 9.13. The van der Waals surface area contributed by atoms with Crippen molar-refractivity contribution in [3.8, 4) is 39.6 Å². The van der Waals surface area contributed by atoms with Gasteiger partial charge in [-0.15, -0.1) is 0 Å². The average Bonchev–Trinajstić information content (AvgIpc) is 3.72. The number of para-hydroxylation sites is 3. The SMILES string of the molecule is [2H]c1c([2H])c([2H])c(-c2cccc(-c3cc(C(C)(C)C)cc(C(C)(C)C)c3)c2Nc2ccccc2Nc2cccc(Oc3ccc4c5cc(C([2H])([2H])C(C)(C)C)ccc5n(-c5cc(C(C)(C)C)ccn5)c4c3)c2)c([2H])c1[2H]. The van der Waals surface area contributed by atoms with Crippen LogP contribution in [-0.2, 0) is 22.6 Å². The van der Waals surface area contributed by atoms with Gasteiger partial charge in [0, 0.05) is 48.7 Å². The van der Waals surface area contributed by atoms with Gasteiger partial charge in [-0.05, 0) is 122 Å². The van der Waals surface area contributed by atoms with E-state index in [-0.39, 0.29) is 33.9 Å². The van der Waals surface area contributed by atoms with E-state index in [0.29, 0.717) is 34.0 Å². The van der Waals surface area contributed by atoms with E-state index in [1.807, 2.05) is 136 Å². The summed E-state index contributed by atoms with van der Waals surface area (Å²) in [5, 5.41) is 9.22. The Balaban J connectivity index is 1.12. The van der Waals surface area contributed by atoms with E-state index in [1.165, 1.54) is 0 Å². The highest BCUT2D eigenvalue weighted by Crippen LogP contribution is 2.44. The molecular weight excluding hydrogens is 841 g/mol. The van der Waals surface area contributed by atoms with E-state index in [2.05, 4.69) is 102 Å². The first-order valence-electron chi connectivity index (χ1n) is 27.4. The summed E-state index contributed by atoms with van der Waals surface area (Å²) in [6, 6.07) is 42.2. The summed E-state index contributed by atoms with van der Waals surface area (Å²) in [6.45, 7) is 25.5. The van der Waals surface area contributed by atoms with E-state index in [9.17, 15) is 0 Å². The molecule has 0 aliphatic rings. The van der Waals surface area contributed by atoms with Crippen LogP contribution in [0.4, 0.5) is 22.7 Å². The molecule has 0 aliphatic carbocycles. The summed E-state index contributed by atoms with van der Waals surface area (Å²) in [5.41, 5.74) is 9.82. The summed E-state index contributed by atoms with van der Waals surface area (Å²) in [4.78, 5) is 4.88. The van der Waals surface area contributed by atoms with Gasteiger partial charge in [-0.3, -0.25) is 4.57 Å². The van der Waals surface area contributed by atoms with Gasteiger partial charge in [0.1, 0.15) is 17.3 Å². The van der Waals surface area contributed by atoms with Crippen molar-refractivity contribution < 1.29 is 14.3 Å². The van der Waals surface area contributed by atoms with Crippen molar-refractivity contribution in [3.05, 3.63) is 192 Å². The minimum absolute atomic E-state index is 0.106.